The molecule has 0 aliphatic carbocycles. The molecule has 0 amide bonds. The van der Waals surface area contributed by atoms with Crippen molar-refractivity contribution in [3.8, 4) is 0 Å². The number of halogens is 4. The first-order valence-electron chi connectivity index (χ1n) is 4.80. The molecule has 0 aliphatic rings. The molecule has 0 aromatic heterocycles. The lowest BCUT2D eigenvalue weighted by atomic mass is 9.85. The van der Waals surface area contributed by atoms with E-state index in [9.17, 15) is 17.6 Å². The largest absolute Gasteiger partial charge is 0.330 e. The third kappa shape index (κ3) is 2.52. The minimum atomic E-state index is -1.39. The van der Waals surface area contributed by atoms with Gasteiger partial charge in [0.25, 0.3) is 0 Å². The van der Waals surface area contributed by atoms with Crippen LogP contribution in [0.2, 0.25) is 0 Å². The van der Waals surface area contributed by atoms with Crippen molar-refractivity contribution in [2.75, 3.05) is 6.54 Å². The van der Waals surface area contributed by atoms with Gasteiger partial charge < -0.3 is 5.73 Å². The van der Waals surface area contributed by atoms with E-state index in [1.165, 1.54) is 0 Å². The molecule has 0 spiro atoms. The topological polar surface area (TPSA) is 26.0 Å². The Labute approximate surface area is 91.3 Å². The highest BCUT2D eigenvalue weighted by atomic mass is 19.2. The van der Waals surface area contributed by atoms with Crippen LogP contribution in [-0.2, 0) is 6.42 Å². The van der Waals surface area contributed by atoms with Crippen molar-refractivity contribution in [1.29, 1.82) is 0 Å². The SMILES string of the molecule is CC(C)(CN)Cc1c(F)c(F)cc(F)c1F. The number of hydrogen-bond acceptors (Lipinski definition) is 1. The third-order valence-corrected chi connectivity index (χ3v) is 2.41. The Bertz CT molecular complexity index is 375. The summed E-state index contributed by atoms with van der Waals surface area (Å²) >= 11 is 0. The van der Waals surface area contributed by atoms with Crippen molar-refractivity contribution < 1.29 is 17.6 Å². The van der Waals surface area contributed by atoms with Gasteiger partial charge in [-0.15, -0.1) is 0 Å². The highest BCUT2D eigenvalue weighted by molar-refractivity contribution is 5.23. The first kappa shape index (κ1) is 13.0. The van der Waals surface area contributed by atoms with Crippen LogP contribution in [0.3, 0.4) is 0 Å². The maximum Gasteiger partial charge on any atom is 0.165 e. The van der Waals surface area contributed by atoms with Crippen molar-refractivity contribution >= 4 is 0 Å². The Hall–Kier alpha value is -1.10. The number of nitrogens with two attached hydrogens (primary N) is 1. The normalized spacial score (nSPS) is 11.9. The van der Waals surface area contributed by atoms with E-state index in [4.69, 9.17) is 5.73 Å². The van der Waals surface area contributed by atoms with Crippen LogP contribution in [-0.4, -0.2) is 6.54 Å². The van der Waals surface area contributed by atoms with Crippen LogP contribution < -0.4 is 5.73 Å². The Morgan fingerprint density at radius 1 is 1.06 bits per heavy atom. The molecular formula is C11H13F4N. The van der Waals surface area contributed by atoms with Crippen LogP contribution in [0.1, 0.15) is 19.4 Å². The molecule has 90 valence electrons. The molecule has 1 aromatic rings. The first-order valence-corrected chi connectivity index (χ1v) is 4.80. The number of benzene rings is 1. The highest BCUT2D eigenvalue weighted by Gasteiger charge is 2.25. The van der Waals surface area contributed by atoms with E-state index >= 15 is 0 Å². The minimum absolute atomic E-state index is 0.157. The van der Waals surface area contributed by atoms with Gasteiger partial charge in [0.15, 0.2) is 23.3 Å². The number of rotatable bonds is 3. The summed E-state index contributed by atoms with van der Waals surface area (Å²) in [5.41, 5.74) is 4.19. The van der Waals surface area contributed by atoms with Crippen LogP contribution >= 0.6 is 0 Å². The zero-order valence-corrected chi connectivity index (χ0v) is 9.08. The molecule has 0 heterocycles. The Morgan fingerprint density at radius 2 is 1.50 bits per heavy atom. The predicted molar refractivity (Wildman–Crippen MR) is 52.8 cm³/mol. The van der Waals surface area contributed by atoms with Gasteiger partial charge >= 0.3 is 0 Å². The second-order valence-electron chi connectivity index (χ2n) is 4.49. The van der Waals surface area contributed by atoms with Crippen molar-refractivity contribution in [3.05, 3.63) is 34.9 Å². The molecule has 0 unspecified atom stereocenters. The van der Waals surface area contributed by atoms with Crippen LogP contribution in [0.15, 0.2) is 6.07 Å². The maximum absolute atomic E-state index is 13.3. The lowest BCUT2D eigenvalue weighted by Crippen LogP contribution is -2.27. The van der Waals surface area contributed by atoms with Gasteiger partial charge in [-0.05, 0) is 18.4 Å². The highest BCUT2D eigenvalue weighted by Crippen LogP contribution is 2.26. The summed E-state index contributed by atoms with van der Waals surface area (Å²) in [4.78, 5) is 0. The van der Waals surface area contributed by atoms with Crippen molar-refractivity contribution in [2.24, 2.45) is 11.1 Å². The Kier molecular flexibility index (Phi) is 3.57. The summed E-state index contributed by atoms with van der Waals surface area (Å²) in [5.74, 6) is -5.47. The van der Waals surface area contributed by atoms with Gasteiger partial charge in [0.05, 0.1) is 0 Å². The van der Waals surface area contributed by atoms with E-state index in [1.807, 2.05) is 0 Å². The molecule has 5 heteroatoms. The molecule has 1 nitrogen and oxygen atoms in total. The second-order valence-corrected chi connectivity index (χ2v) is 4.49. The number of hydrogen-bond donors (Lipinski definition) is 1. The van der Waals surface area contributed by atoms with Gasteiger partial charge in [0.1, 0.15) is 0 Å². The average Bonchev–Trinajstić information content (AvgIpc) is 2.22. The maximum atomic E-state index is 13.3. The van der Waals surface area contributed by atoms with Gasteiger partial charge in [-0.2, -0.15) is 0 Å². The zero-order valence-electron chi connectivity index (χ0n) is 9.08. The smallest absolute Gasteiger partial charge is 0.165 e. The fourth-order valence-corrected chi connectivity index (χ4v) is 1.33. The van der Waals surface area contributed by atoms with E-state index in [2.05, 4.69) is 0 Å². The third-order valence-electron chi connectivity index (χ3n) is 2.41. The van der Waals surface area contributed by atoms with E-state index in [-0.39, 0.29) is 19.0 Å². The zero-order chi connectivity index (χ0) is 12.5. The molecule has 0 atom stereocenters. The lowest BCUT2D eigenvalue weighted by molar-refractivity contribution is 0.349. The molecule has 0 radical (unpaired) electrons. The molecule has 0 bridgehead atoms. The van der Waals surface area contributed by atoms with Crippen LogP contribution in [0.5, 0.6) is 0 Å². The second kappa shape index (κ2) is 4.41. The minimum Gasteiger partial charge on any atom is -0.330 e. The van der Waals surface area contributed by atoms with Gasteiger partial charge in [-0.25, -0.2) is 17.6 Å². The van der Waals surface area contributed by atoms with Crippen LogP contribution in [0.4, 0.5) is 17.6 Å². The van der Waals surface area contributed by atoms with Gasteiger partial charge in [0, 0.05) is 11.6 Å². The fourth-order valence-electron chi connectivity index (χ4n) is 1.33. The summed E-state index contributed by atoms with van der Waals surface area (Å²) in [6.07, 6.45) is -0.157. The van der Waals surface area contributed by atoms with E-state index in [1.54, 1.807) is 13.8 Å². The molecule has 1 rings (SSSR count). The average molecular weight is 235 g/mol. The summed E-state index contributed by atoms with van der Waals surface area (Å²) in [6.45, 7) is 3.48. The Balaban J connectivity index is 3.23. The van der Waals surface area contributed by atoms with Gasteiger partial charge in [-0.3, -0.25) is 0 Å². The lowest BCUT2D eigenvalue weighted by Gasteiger charge is -2.22. The molecule has 0 saturated heterocycles. The quantitative estimate of drug-likeness (QED) is 0.632. The predicted octanol–water partition coefficient (Wildman–Crippen LogP) is 2.77. The van der Waals surface area contributed by atoms with E-state index in [0.29, 0.717) is 0 Å². The molecule has 2 N–H and O–H groups in total. The summed E-state index contributed by atoms with van der Waals surface area (Å²) in [7, 11) is 0. The van der Waals surface area contributed by atoms with Crippen LogP contribution in [0, 0.1) is 28.7 Å². The van der Waals surface area contributed by atoms with E-state index in [0.717, 1.165) is 0 Å². The summed E-state index contributed by atoms with van der Waals surface area (Å²) in [5, 5.41) is 0. The molecule has 0 aliphatic heterocycles. The van der Waals surface area contributed by atoms with Crippen molar-refractivity contribution in [1.82, 2.24) is 0 Å². The summed E-state index contributed by atoms with van der Waals surface area (Å²) in [6, 6.07) is 0.198. The molecule has 16 heavy (non-hydrogen) atoms. The van der Waals surface area contributed by atoms with Gasteiger partial charge in [-0.1, -0.05) is 13.8 Å². The van der Waals surface area contributed by atoms with Crippen molar-refractivity contribution in [3.63, 3.8) is 0 Å². The van der Waals surface area contributed by atoms with Gasteiger partial charge in [0.2, 0.25) is 0 Å². The summed E-state index contributed by atoms with van der Waals surface area (Å²) < 4.78 is 52.3. The molecular weight excluding hydrogens is 222 g/mol. The molecule has 0 saturated carbocycles. The van der Waals surface area contributed by atoms with Crippen molar-refractivity contribution in [2.45, 2.75) is 20.3 Å². The molecule has 0 fully saturated rings. The van der Waals surface area contributed by atoms with E-state index < -0.39 is 34.2 Å². The van der Waals surface area contributed by atoms with Crippen LogP contribution in [0.25, 0.3) is 0 Å². The Morgan fingerprint density at radius 3 is 1.88 bits per heavy atom. The standard InChI is InChI=1S/C11H13F4N/c1-11(2,5-16)4-6-9(14)7(12)3-8(13)10(6)15/h3H,4-5,16H2,1-2H3. The fraction of sp³-hybridized carbons (Fsp3) is 0.455. The first-order chi connectivity index (χ1) is 7.28. The monoisotopic (exact) mass is 235 g/mol. The molecule has 1 aromatic carbocycles.